The molecule has 1 aromatic heterocycles. The van der Waals surface area contributed by atoms with Crippen molar-refractivity contribution in [2.75, 3.05) is 39.6 Å². The largest absolute Gasteiger partial charge is 0.495 e. The zero-order valence-corrected chi connectivity index (χ0v) is 15.4. The molecule has 0 aliphatic carbocycles. The van der Waals surface area contributed by atoms with E-state index in [9.17, 15) is 4.79 Å². The van der Waals surface area contributed by atoms with Crippen molar-refractivity contribution in [3.63, 3.8) is 0 Å². The number of anilines is 2. The fourth-order valence-electron chi connectivity index (χ4n) is 2.23. The molecular formula is C18H23ClN4O2. The maximum absolute atomic E-state index is 12.2. The van der Waals surface area contributed by atoms with Gasteiger partial charge < -0.3 is 20.3 Å². The highest BCUT2D eigenvalue weighted by atomic mass is 35.5. The highest BCUT2D eigenvalue weighted by Gasteiger charge is 2.08. The van der Waals surface area contributed by atoms with Crippen LogP contribution in [0.2, 0.25) is 5.02 Å². The van der Waals surface area contributed by atoms with Gasteiger partial charge in [0.1, 0.15) is 11.4 Å². The Labute approximate surface area is 153 Å². The van der Waals surface area contributed by atoms with Crippen LogP contribution in [0.25, 0.3) is 0 Å². The number of nitrogens with zero attached hydrogens (tertiary/aromatic N) is 2. The van der Waals surface area contributed by atoms with Gasteiger partial charge in [0.2, 0.25) is 0 Å². The Morgan fingerprint density at radius 1 is 1.24 bits per heavy atom. The number of halogens is 1. The third-order valence-electron chi connectivity index (χ3n) is 3.50. The summed E-state index contributed by atoms with van der Waals surface area (Å²) in [4.78, 5) is 18.4. The van der Waals surface area contributed by atoms with Gasteiger partial charge in [-0.3, -0.25) is 9.78 Å². The second-order valence-electron chi connectivity index (χ2n) is 5.82. The van der Waals surface area contributed by atoms with Gasteiger partial charge in [-0.2, -0.15) is 0 Å². The highest BCUT2D eigenvalue weighted by Crippen LogP contribution is 2.28. The van der Waals surface area contributed by atoms with Gasteiger partial charge in [0.25, 0.3) is 5.91 Å². The van der Waals surface area contributed by atoms with Crippen molar-refractivity contribution in [1.29, 1.82) is 0 Å². The first kappa shape index (κ1) is 19.0. The number of methoxy groups -OCH3 is 1. The average molecular weight is 363 g/mol. The number of hydrogen-bond acceptors (Lipinski definition) is 5. The molecule has 1 amide bonds. The van der Waals surface area contributed by atoms with Crippen molar-refractivity contribution in [3.05, 3.63) is 47.2 Å². The summed E-state index contributed by atoms with van der Waals surface area (Å²) in [5.74, 6) is 0.426. The van der Waals surface area contributed by atoms with E-state index in [0.29, 0.717) is 23.0 Å². The predicted octanol–water partition coefficient (Wildman–Crippen LogP) is 3.17. The van der Waals surface area contributed by atoms with Gasteiger partial charge in [0.15, 0.2) is 0 Å². The van der Waals surface area contributed by atoms with Crippen LogP contribution in [-0.4, -0.2) is 50.1 Å². The summed E-state index contributed by atoms with van der Waals surface area (Å²) >= 11 is 6.13. The van der Waals surface area contributed by atoms with E-state index in [4.69, 9.17) is 16.3 Å². The van der Waals surface area contributed by atoms with Gasteiger partial charge in [0.05, 0.1) is 12.1 Å². The topological polar surface area (TPSA) is 66.5 Å². The maximum Gasteiger partial charge on any atom is 0.269 e. The molecule has 0 aliphatic heterocycles. The Bertz CT molecular complexity index is 722. The second kappa shape index (κ2) is 9.25. The Morgan fingerprint density at radius 2 is 2.00 bits per heavy atom. The molecule has 6 nitrogen and oxygen atoms in total. The van der Waals surface area contributed by atoms with Crippen LogP contribution < -0.4 is 15.4 Å². The molecule has 0 fully saturated rings. The molecule has 1 aromatic carbocycles. The summed E-state index contributed by atoms with van der Waals surface area (Å²) in [6.07, 6.45) is 2.49. The zero-order valence-electron chi connectivity index (χ0n) is 14.7. The quantitative estimate of drug-likeness (QED) is 0.706. The van der Waals surface area contributed by atoms with Crippen LogP contribution in [0.15, 0.2) is 36.5 Å². The van der Waals surface area contributed by atoms with Crippen LogP contribution >= 0.6 is 11.6 Å². The van der Waals surface area contributed by atoms with E-state index >= 15 is 0 Å². The zero-order chi connectivity index (χ0) is 18.2. The molecule has 0 aliphatic rings. The van der Waals surface area contributed by atoms with Crippen LogP contribution in [0.3, 0.4) is 0 Å². The van der Waals surface area contributed by atoms with Crippen molar-refractivity contribution in [1.82, 2.24) is 15.2 Å². The lowest BCUT2D eigenvalue weighted by Gasteiger charge is -2.11. The number of pyridine rings is 1. The van der Waals surface area contributed by atoms with Gasteiger partial charge in [-0.05, 0) is 57.4 Å². The minimum Gasteiger partial charge on any atom is -0.495 e. The number of nitrogens with one attached hydrogen (secondary N) is 2. The van der Waals surface area contributed by atoms with E-state index in [-0.39, 0.29) is 5.91 Å². The van der Waals surface area contributed by atoms with E-state index in [2.05, 4.69) is 20.5 Å². The Kier molecular flexibility index (Phi) is 7.03. The van der Waals surface area contributed by atoms with Gasteiger partial charge >= 0.3 is 0 Å². The number of rotatable bonds is 8. The molecule has 1 heterocycles. The minimum atomic E-state index is -0.185. The Hall–Kier alpha value is -2.31. The predicted molar refractivity (Wildman–Crippen MR) is 101 cm³/mol. The molecule has 0 spiro atoms. The molecule has 0 saturated heterocycles. The number of hydrogen-bond donors (Lipinski definition) is 2. The molecule has 25 heavy (non-hydrogen) atoms. The lowest BCUT2D eigenvalue weighted by molar-refractivity contribution is 0.0947. The van der Waals surface area contributed by atoms with E-state index < -0.39 is 0 Å². The molecule has 2 N–H and O–H groups in total. The third kappa shape index (κ3) is 5.92. The van der Waals surface area contributed by atoms with Gasteiger partial charge in [0, 0.05) is 24.1 Å². The summed E-state index contributed by atoms with van der Waals surface area (Å²) < 4.78 is 5.14. The van der Waals surface area contributed by atoms with Crippen molar-refractivity contribution < 1.29 is 9.53 Å². The summed E-state index contributed by atoms with van der Waals surface area (Å²) in [6.45, 7) is 1.54. The Balaban J connectivity index is 1.98. The number of amides is 1. The molecule has 7 heteroatoms. The SMILES string of the molecule is COc1ccc(Nc2ccnc(C(=O)NCCCN(C)C)c2)cc1Cl. The minimum absolute atomic E-state index is 0.185. The first-order chi connectivity index (χ1) is 12.0. The molecule has 2 rings (SSSR count). The molecule has 0 saturated carbocycles. The number of ether oxygens (including phenoxy) is 1. The first-order valence-electron chi connectivity index (χ1n) is 7.99. The van der Waals surface area contributed by atoms with E-state index in [1.165, 1.54) is 0 Å². The molecule has 0 radical (unpaired) electrons. The van der Waals surface area contributed by atoms with Gasteiger partial charge in [-0.25, -0.2) is 0 Å². The molecule has 2 aromatic rings. The molecule has 0 bridgehead atoms. The van der Waals surface area contributed by atoms with Crippen LogP contribution in [0.5, 0.6) is 5.75 Å². The lowest BCUT2D eigenvalue weighted by atomic mass is 10.2. The monoisotopic (exact) mass is 362 g/mol. The number of carbonyl (C=O) groups is 1. The van der Waals surface area contributed by atoms with E-state index in [1.54, 1.807) is 37.6 Å². The molecule has 0 unspecified atom stereocenters. The van der Waals surface area contributed by atoms with E-state index in [0.717, 1.165) is 24.3 Å². The van der Waals surface area contributed by atoms with Crippen molar-refractivity contribution in [3.8, 4) is 5.75 Å². The normalized spacial score (nSPS) is 10.6. The standard InChI is InChI=1S/C18H23ClN4O2/c1-23(2)10-4-8-21-18(24)16-12-14(7-9-20-16)22-13-5-6-17(25-3)15(19)11-13/h5-7,9,11-12H,4,8,10H2,1-3H3,(H,20,22)(H,21,24). The van der Waals surface area contributed by atoms with Crippen LogP contribution in [0, 0.1) is 0 Å². The highest BCUT2D eigenvalue weighted by molar-refractivity contribution is 6.32. The summed E-state index contributed by atoms with van der Waals surface area (Å²) in [6, 6.07) is 8.90. The van der Waals surface area contributed by atoms with Crippen LogP contribution in [0.4, 0.5) is 11.4 Å². The Morgan fingerprint density at radius 3 is 2.68 bits per heavy atom. The number of aromatic nitrogens is 1. The number of carbonyl (C=O) groups excluding carboxylic acids is 1. The van der Waals surface area contributed by atoms with Crippen molar-refractivity contribution >= 4 is 28.9 Å². The summed E-state index contributed by atoms with van der Waals surface area (Å²) in [5, 5.41) is 6.60. The van der Waals surface area contributed by atoms with Crippen molar-refractivity contribution in [2.24, 2.45) is 0 Å². The van der Waals surface area contributed by atoms with Crippen LogP contribution in [0.1, 0.15) is 16.9 Å². The smallest absolute Gasteiger partial charge is 0.269 e. The average Bonchev–Trinajstić information content (AvgIpc) is 2.59. The van der Waals surface area contributed by atoms with Crippen molar-refractivity contribution in [2.45, 2.75) is 6.42 Å². The molecule has 134 valence electrons. The second-order valence-corrected chi connectivity index (χ2v) is 6.22. The third-order valence-corrected chi connectivity index (χ3v) is 3.80. The number of benzene rings is 1. The fourth-order valence-corrected chi connectivity index (χ4v) is 2.49. The van der Waals surface area contributed by atoms with Gasteiger partial charge in [-0.1, -0.05) is 11.6 Å². The fraction of sp³-hybridized carbons (Fsp3) is 0.333. The molecular weight excluding hydrogens is 340 g/mol. The summed E-state index contributed by atoms with van der Waals surface area (Å²) in [5.41, 5.74) is 1.93. The summed E-state index contributed by atoms with van der Waals surface area (Å²) in [7, 11) is 5.58. The molecule has 0 atom stereocenters. The first-order valence-corrected chi connectivity index (χ1v) is 8.37. The van der Waals surface area contributed by atoms with Gasteiger partial charge in [-0.15, -0.1) is 0 Å². The lowest BCUT2D eigenvalue weighted by Crippen LogP contribution is -2.27. The maximum atomic E-state index is 12.2. The van der Waals surface area contributed by atoms with Crippen LogP contribution in [-0.2, 0) is 0 Å². The van der Waals surface area contributed by atoms with E-state index in [1.807, 2.05) is 20.2 Å².